The lowest BCUT2D eigenvalue weighted by Gasteiger charge is -2.36. The molecule has 0 bridgehead atoms. The van der Waals surface area contributed by atoms with Crippen molar-refractivity contribution in [1.82, 2.24) is 4.98 Å². The van der Waals surface area contributed by atoms with Gasteiger partial charge in [-0.15, -0.1) is 0 Å². The summed E-state index contributed by atoms with van der Waals surface area (Å²) >= 11 is 3.48. The van der Waals surface area contributed by atoms with E-state index < -0.39 is 5.41 Å². The van der Waals surface area contributed by atoms with Gasteiger partial charge in [0.2, 0.25) is 5.91 Å². The van der Waals surface area contributed by atoms with Crippen molar-refractivity contribution in [3.8, 4) is 0 Å². The summed E-state index contributed by atoms with van der Waals surface area (Å²) in [5.41, 5.74) is 3.26. The number of aromatic nitrogens is 1. The largest absolute Gasteiger partial charge is 0.381 e. The zero-order chi connectivity index (χ0) is 18.9. The molecule has 1 N–H and O–H groups in total. The number of fused-ring (bicyclic) bond motifs is 1. The van der Waals surface area contributed by atoms with E-state index in [4.69, 9.17) is 4.74 Å². The van der Waals surface area contributed by atoms with Crippen molar-refractivity contribution < 1.29 is 9.53 Å². The van der Waals surface area contributed by atoms with Crippen molar-refractivity contribution in [3.63, 3.8) is 0 Å². The number of carbonyl (C=O) groups is 1. The van der Waals surface area contributed by atoms with E-state index in [1.807, 2.05) is 55.5 Å². The van der Waals surface area contributed by atoms with Gasteiger partial charge in [-0.3, -0.25) is 9.78 Å². The molecule has 1 fully saturated rings. The number of amides is 1. The highest BCUT2D eigenvalue weighted by Crippen LogP contribution is 2.37. The van der Waals surface area contributed by atoms with Gasteiger partial charge in [0.25, 0.3) is 0 Å². The molecule has 0 radical (unpaired) electrons. The maximum absolute atomic E-state index is 13.5. The number of ether oxygens (including phenoxy) is 1. The van der Waals surface area contributed by atoms with Crippen LogP contribution in [0.5, 0.6) is 0 Å². The van der Waals surface area contributed by atoms with Gasteiger partial charge in [-0.1, -0.05) is 34.1 Å². The molecule has 2 aromatic carbocycles. The molecule has 3 aromatic rings. The van der Waals surface area contributed by atoms with E-state index in [0.717, 1.165) is 32.2 Å². The Balaban J connectivity index is 1.73. The molecule has 0 aliphatic carbocycles. The van der Waals surface area contributed by atoms with Gasteiger partial charge in [0.1, 0.15) is 0 Å². The SMILES string of the molecule is Cc1ccc(NC(=O)C2(c3ccc(Br)cc3)CCOCC2)c2cccnc12. The van der Waals surface area contributed by atoms with E-state index in [1.54, 1.807) is 6.20 Å². The van der Waals surface area contributed by atoms with Gasteiger partial charge in [0.05, 0.1) is 16.6 Å². The lowest BCUT2D eigenvalue weighted by atomic mass is 9.73. The number of aryl methyl sites for hydroxylation is 1. The van der Waals surface area contributed by atoms with E-state index in [-0.39, 0.29) is 5.91 Å². The van der Waals surface area contributed by atoms with Gasteiger partial charge >= 0.3 is 0 Å². The summed E-state index contributed by atoms with van der Waals surface area (Å²) in [5.74, 6) is 0.0159. The number of anilines is 1. The van der Waals surface area contributed by atoms with Crippen molar-refractivity contribution in [2.24, 2.45) is 0 Å². The van der Waals surface area contributed by atoms with Crippen molar-refractivity contribution in [2.45, 2.75) is 25.2 Å². The molecule has 4 nitrogen and oxygen atoms in total. The van der Waals surface area contributed by atoms with Gasteiger partial charge in [-0.2, -0.15) is 0 Å². The monoisotopic (exact) mass is 424 g/mol. The van der Waals surface area contributed by atoms with E-state index in [1.165, 1.54) is 0 Å². The van der Waals surface area contributed by atoms with E-state index >= 15 is 0 Å². The van der Waals surface area contributed by atoms with Crippen LogP contribution in [0.3, 0.4) is 0 Å². The minimum absolute atomic E-state index is 0.0159. The quantitative estimate of drug-likeness (QED) is 0.643. The molecule has 1 aliphatic heterocycles. The minimum atomic E-state index is -0.585. The molecule has 1 aliphatic rings. The Morgan fingerprint density at radius 3 is 2.59 bits per heavy atom. The first-order valence-corrected chi connectivity index (χ1v) is 9.89. The van der Waals surface area contributed by atoms with E-state index in [9.17, 15) is 4.79 Å². The topological polar surface area (TPSA) is 51.2 Å². The molecule has 0 saturated carbocycles. The predicted molar refractivity (Wildman–Crippen MR) is 111 cm³/mol. The normalized spacial score (nSPS) is 16.2. The van der Waals surface area contributed by atoms with Crippen LogP contribution in [0.4, 0.5) is 5.69 Å². The predicted octanol–water partition coefficient (Wildman–Crippen LogP) is 4.99. The summed E-state index contributed by atoms with van der Waals surface area (Å²) in [6.07, 6.45) is 3.12. The third-order valence-electron chi connectivity index (χ3n) is 5.40. The average Bonchev–Trinajstić information content (AvgIpc) is 2.71. The zero-order valence-electron chi connectivity index (χ0n) is 15.2. The number of pyridine rings is 1. The number of carbonyl (C=O) groups excluding carboxylic acids is 1. The van der Waals surface area contributed by atoms with E-state index in [0.29, 0.717) is 26.1 Å². The Bertz CT molecular complexity index is 979. The lowest BCUT2D eigenvalue weighted by molar-refractivity contribution is -0.125. The molecule has 1 aromatic heterocycles. The van der Waals surface area contributed by atoms with Crippen LogP contribution >= 0.6 is 15.9 Å². The number of hydrogen-bond acceptors (Lipinski definition) is 3. The molecule has 5 heteroatoms. The smallest absolute Gasteiger partial charge is 0.235 e. The molecule has 4 rings (SSSR count). The number of benzene rings is 2. The first-order valence-electron chi connectivity index (χ1n) is 9.10. The molecular weight excluding hydrogens is 404 g/mol. The third kappa shape index (κ3) is 3.37. The van der Waals surface area contributed by atoms with Gasteiger partial charge in [0, 0.05) is 29.3 Å². The van der Waals surface area contributed by atoms with Crippen LogP contribution in [0.15, 0.2) is 59.2 Å². The highest BCUT2D eigenvalue weighted by atomic mass is 79.9. The molecule has 138 valence electrons. The molecule has 2 heterocycles. The number of hydrogen-bond donors (Lipinski definition) is 1. The fourth-order valence-electron chi connectivity index (χ4n) is 3.80. The highest BCUT2D eigenvalue weighted by molar-refractivity contribution is 9.10. The minimum Gasteiger partial charge on any atom is -0.381 e. The third-order valence-corrected chi connectivity index (χ3v) is 5.93. The van der Waals surface area contributed by atoms with Crippen molar-refractivity contribution in [3.05, 3.63) is 70.3 Å². The van der Waals surface area contributed by atoms with Crippen LogP contribution in [0.1, 0.15) is 24.0 Å². The molecule has 0 atom stereocenters. The summed E-state index contributed by atoms with van der Waals surface area (Å²) in [7, 11) is 0. The number of rotatable bonds is 3. The molecule has 0 unspecified atom stereocenters. The highest BCUT2D eigenvalue weighted by Gasteiger charge is 2.41. The van der Waals surface area contributed by atoms with Crippen LogP contribution in [-0.4, -0.2) is 24.1 Å². The van der Waals surface area contributed by atoms with Crippen LogP contribution in [-0.2, 0) is 14.9 Å². The van der Waals surface area contributed by atoms with Gasteiger partial charge in [0.15, 0.2) is 0 Å². The second-order valence-corrected chi connectivity index (χ2v) is 7.90. The number of nitrogens with one attached hydrogen (secondary N) is 1. The first-order chi connectivity index (χ1) is 13.1. The van der Waals surface area contributed by atoms with Gasteiger partial charge in [-0.05, 0) is 61.2 Å². The molecule has 0 spiro atoms. The summed E-state index contributed by atoms with van der Waals surface area (Å²) < 4.78 is 6.56. The average molecular weight is 425 g/mol. The zero-order valence-corrected chi connectivity index (χ0v) is 16.8. The Hall–Kier alpha value is -2.24. The summed E-state index contributed by atoms with van der Waals surface area (Å²) in [5, 5.41) is 4.15. The Morgan fingerprint density at radius 1 is 1.11 bits per heavy atom. The second kappa shape index (κ2) is 7.41. The van der Waals surface area contributed by atoms with Crippen molar-refractivity contribution in [2.75, 3.05) is 18.5 Å². The molecular formula is C22H21BrN2O2. The van der Waals surface area contributed by atoms with Gasteiger partial charge < -0.3 is 10.1 Å². The summed E-state index contributed by atoms with van der Waals surface area (Å²) in [6.45, 7) is 3.20. The molecule has 1 amide bonds. The van der Waals surface area contributed by atoms with E-state index in [2.05, 4.69) is 26.2 Å². The van der Waals surface area contributed by atoms with Crippen molar-refractivity contribution >= 4 is 38.4 Å². The maximum atomic E-state index is 13.5. The Morgan fingerprint density at radius 2 is 1.85 bits per heavy atom. The van der Waals surface area contributed by atoms with Crippen molar-refractivity contribution in [1.29, 1.82) is 0 Å². The van der Waals surface area contributed by atoms with Crippen LogP contribution in [0.2, 0.25) is 0 Å². The fraction of sp³-hybridized carbons (Fsp3) is 0.273. The standard InChI is InChI=1S/C22H21BrN2O2/c1-15-4-9-19(18-3-2-12-24-20(15)18)25-21(26)22(10-13-27-14-11-22)16-5-7-17(23)8-6-16/h2-9,12H,10-11,13-14H2,1H3,(H,25,26). The number of nitrogens with zero attached hydrogens (tertiary/aromatic N) is 1. The first kappa shape index (κ1) is 18.1. The fourth-order valence-corrected chi connectivity index (χ4v) is 4.06. The van der Waals surface area contributed by atoms with Crippen LogP contribution in [0, 0.1) is 6.92 Å². The molecule has 1 saturated heterocycles. The Labute approximate surface area is 167 Å². The maximum Gasteiger partial charge on any atom is 0.235 e. The van der Waals surface area contributed by atoms with Crippen LogP contribution in [0.25, 0.3) is 10.9 Å². The lowest BCUT2D eigenvalue weighted by Crippen LogP contribution is -2.44. The second-order valence-electron chi connectivity index (χ2n) is 6.99. The Kier molecular flexibility index (Phi) is 4.98. The number of halogens is 1. The molecule has 27 heavy (non-hydrogen) atoms. The van der Waals surface area contributed by atoms with Crippen LogP contribution < -0.4 is 5.32 Å². The summed E-state index contributed by atoms with van der Waals surface area (Å²) in [6, 6.07) is 15.9. The van der Waals surface area contributed by atoms with Gasteiger partial charge in [-0.25, -0.2) is 0 Å². The summed E-state index contributed by atoms with van der Waals surface area (Å²) in [4.78, 5) is 18.0.